The highest BCUT2D eigenvalue weighted by Gasteiger charge is 2.17. The van der Waals surface area contributed by atoms with Crippen LogP contribution in [0.25, 0.3) is 5.65 Å². The first-order valence-corrected chi connectivity index (χ1v) is 5.34. The van der Waals surface area contributed by atoms with Gasteiger partial charge in [-0.05, 0) is 26.1 Å². The number of fused-ring (bicyclic) bond motifs is 1. The predicted octanol–water partition coefficient (Wildman–Crippen LogP) is 1.70. The molecule has 0 spiro atoms. The van der Waals surface area contributed by atoms with Crippen molar-refractivity contribution < 1.29 is 4.79 Å². The van der Waals surface area contributed by atoms with Gasteiger partial charge in [0.25, 0.3) is 0 Å². The van der Waals surface area contributed by atoms with Gasteiger partial charge in [-0.3, -0.25) is 9.20 Å². The number of hydrogen-bond acceptors (Lipinski definition) is 3. The molecule has 0 amide bonds. The third-order valence-electron chi connectivity index (χ3n) is 2.38. The van der Waals surface area contributed by atoms with Crippen LogP contribution in [0.2, 0.25) is 5.15 Å². The third-order valence-corrected chi connectivity index (χ3v) is 2.73. The van der Waals surface area contributed by atoms with Crippen molar-refractivity contribution in [3.8, 4) is 0 Å². The molecule has 0 bridgehead atoms. The van der Waals surface area contributed by atoms with E-state index < -0.39 is 0 Å². The van der Waals surface area contributed by atoms with E-state index in [0.29, 0.717) is 16.5 Å². The van der Waals surface area contributed by atoms with Gasteiger partial charge in [0.2, 0.25) is 0 Å². The van der Waals surface area contributed by atoms with Gasteiger partial charge in [0.15, 0.2) is 5.78 Å². The van der Waals surface area contributed by atoms with Crippen LogP contribution in [-0.4, -0.2) is 28.8 Å². The van der Waals surface area contributed by atoms with Gasteiger partial charge in [-0.2, -0.15) is 0 Å². The fraction of sp³-hybridized carbons (Fsp3) is 0.273. The summed E-state index contributed by atoms with van der Waals surface area (Å²) in [6, 6.07) is 5.64. The molecule has 2 heterocycles. The van der Waals surface area contributed by atoms with Crippen molar-refractivity contribution in [2.45, 2.75) is 6.92 Å². The van der Waals surface area contributed by atoms with Crippen LogP contribution in [0.3, 0.4) is 0 Å². The molecule has 0 aromatic carbocycles. The highest BCUT2D eigenvalue weighted by molar-refractivity contribution is 6.33. The van der Waals surface area contributed by atoms with Crippen LogP contribution in [0.1, 0.15) is 16.2 Å². The molecular weight excluding hydrogens is 226 g/mol. The number of carbonyl (C=O) groups is 1. The van der Waals surface area contributed by atoms with E-state index in [2.05, 4.69) is 10.3 Å². The summed E-state index contributed by atoms with van der Waals surface area (Å²) < 4.78 is 1.77. The molecule has 2 rings (SSSR count). The Balaban J connectivity index is 2.61. The number of pyridine rings is 1. The summed E-state index contributed by atoms with van der Waals surface area (Å²) >= 11 is 6.14. The van der Waals surface area contributed by atoms with Gasteiger partial charge in [0.1, 0.15) is 16.5 Å². The lowest BCUT2D eigenvalue weighted by Gasteiger charge is -1.99. The van der Waals surface area contributed by atoms with Crippen molar-refractivity contribution in [1.29, 1.82) is 0 Å². The second kappa shape index (κ2) is 4.23. The third kappa shape index (κ3) is 1.70. The van der Waals surface area contributed by atoms with Crippen molar-refractivity contribution in [2.24, 2.45) is 0 Å². The van der Waals surface area contributed by atoms with Crippen LogP contribution in [0.15, 0.2) is 18.2 Å². The average Bonchev–Trinajstić information content (AvgIpc) is 2.58. The minimum absolute atomic E-state index is 0.101. The molecule has 1 N–H and O–H groups in total. The van der Waals surface area contributed by atoms with E-state index in [1.165, 1.54) is 0 Å². The molecule has 5 heteroatoms. The summed E-state index contributed by atoms with van der Waals surface area (Å²) in [7, 11) is 1.72. The number of halogens is 1. The topological polar surface area (TPSA) is 46.4 Å². The second-order valence-electron chi connectivity index (χ2n) is 3.57. The van der Waals surface area contributed by atoms with Crippen LogP contribution in [-0.2, 0) is 0 Å². The van der Waals surface area contributed by atoms with Crippen molar-refractivity contribution in [3.05, 3.63) is 34.7 Å². The largest absolute Gasteiger partial charge is 0.313 e. The van der Waals surface area contributed by atoms with Crippen LogP contribution < -0.4 is 5.32 Å². The van der Waals surface area contributed by atoms with Crippen LogP contribution in [0.5, 0.6) is 0 Å². The molecule has 84 valence electrons. The Bertz CT molecular complexity index is 547. The maximum atomic E-state index is 11.7. The van der Waals surface area contributed by atoms with Crippen LogP contribution in [0, 0.1) is 6.92 Å². The molecule has 16 heavy (non-hydrogen) atoms. The zero-order chi connectivity index (χ0) is 11.7. The number of likely N-dealkylation sites (N-methyl/N-ethyl adjacent to an activating group) is 1. The molecule has 0 atom stereocenters. The van der Waals surface area contributed by atoms with E-state index in [1.54, 1.807) is 11.4 Å². The Morgan fingerprint density at radius 2 is 2.31 bits per heavy atom. The maximum absolute atomic E-state index is 11.7. The number of imidazole rings is 1. The molecule has 0 aliphatic heterocycles. The standard InChI is InChI=1S/C11H12ClN3O/c1-7-4-3-5-9-14-10(8(16)6-13-2)11(12)15(7)9/h3-5,13H,6H2,1-2H3. The monoisotopic (exact) mass is 237 g/mol. The van der Waals surface area contributed by atoms with Gasteiger partial charge in [0.05, 0.1) is 6.54 Å². The molecule has 0 unspecified atom stereocenters. The molecule has 0 radical (unpaired) electrons. The molecule has 0 saturated heterocycles. The van der Waals surface area contributed by atoms with Crippen molar-refractivity contribution in [1.82, 2.24) is 14.7 Å². The number of rotatable bonds is 3. The van der Waals surface area contributed by atoms with Crippen molar-refractivity contribution >= 4 is 23.0 Å². The lowest BCUT2D eigenvalue weighted by Crippen LogP contribution is -2.19. The lowest BCUT2D eigenvalue weighted by atomic mass is 10.3. The normalized spacial score (nSPS) is 10.9. The van der Waals surface area contributed by atoms with Crippen molar-refractivity contribution in [3.63, 3.8) is 0 Å². The Morgan fingerprint density at radius 1 is 1.56 bits per heavy atom. The quantitative estimate of drug-likeness (QED) is 0.827. The SMILES string of the molecule is CNCC(=O)c1nc2cccc(C)n2c1Cl. The molecule has 0 aliphatic carbocycles. The number of carbonyl (C=O) groups excluding carboxylic acids is 1. The molecule has 0 saturated carbocycles. The zero-order valence-electron chi connectivity index (χ0n) is 9.12. The maximum Gasteiger partial charge on any atom is 0.198 e. The highest BCUT2D eigenvalue weighted by atomic mass is 35.5. The first-order chi connectivity index (χ1) is 7.65. The number of nitrogens with zero attached hydrogens (tertiary/aromatic N) is 2. The molecule has 2 aromatic heterocycles. The van der Waals surface area contributed by atoms with Crippen LogP contribution in [0.4, 0.5) is 0 Å². The van der Waals surface area contributed by atoms with Gasteiger partial charge in [-0.25, -0.2) is 4.98 Å². The van der Waals surface area contributed by atoms with Crippen LogP contribution >= 0.6 is 11.6 Å². The van der Waals surface area contributed by atoms with Gasteiger partial charge in [-0.1, -0.05) is 17.7 Å². The predicted molar refractivity (Wildman–Crippen MR) is 63.2 cm³/mol. The smallest absolute Gasteiger partial charge is 0.198 e. The summed E-state index contributed by atoms with van der Waals surface area (Å²) in [5, 5.41) is 3.18. The Labute approximate surface area is 98.2 Å². The summed E-state index contributed by atoms with van der Waals surface area (Å²) in [6.07, 6.45) is 0. The Hall–Kier alpha value is -1.39. The number of hydrogen-bond donors (Lipinski definition) is 1. The van der Waals surface area contributed by atoms with E-state index in [4.69, 9.17) is 11.6 Å². The summed E-state index contributed by atoms with van der Waals surface area (Å²) in [6.45, 7) is 2.16. The summed E-state index contributed by atoms with van der Waals surface area (Å²) in [4.78, 5) is 16.0. The highest BCUT2D eigenvalue weighted by Crippen LogP contribution is 2.20. The summed E-state index contributed by atoms with van der Waals surface area (Å²) in [5.41, 5.74) is 1.98. The molecule has 2 aromatic rings. The van der Waals surface area contributed by atoms with Crippen molar-refractivity contribution in [2.75, 3.05) is 13.6 Å². The number of aromatic nitrogens is 2. The fourth-order valence-corrected chi connectivity index (χ4v) is 2.00. The average molecular weight is 238 g/mol. The van der Waals surface area contributed by atoms with Gasteiger partial charge in [0, 0.05) is 5.69 Å². The van der Waals surface area contributed by atoms with Gasteiger partial charge < -0.3 is 5.32 Å². The van der Waals surface area contributed by atoms with Gasteiger partial charge in [-0.15, -0.1) is 0 Å². The number of ketones is 1. The first-order valence-electron chi connectivity index (χ1n) is 4.96. The number of Topliss-reactive ketones (excluding diaryl/α,β-unsaturated/α-hetero) is 1. The number of nitrogens with one attached hydrogen (secondary N) is 1. The second-order valence-corrected chi connectivity index (χ2v) is 3.92. The molecular formula is C11H12ClN3O. The minimum Gasteiger partial charge on any atom is -0.313 e. The lowest BCUT2D eigenvalue weighted by molar-refractivity contribution is 0.0989. The number of aryl methyl sites for hydroxylation is 1. The van der Waals surface area contributed by atoms with E-state index >= 15 is 0 Å². The van der Waals surface area contributed by atoms with E-state index in [0.717, 1.165) is 5.69 Å². The zero-order valence-corrected chi connectivity index (χ0v) is 9.88. The first kappa shape index (κ1) is 11.1. The van der Waals surface area contributed by atoms with E-state index in [9.17, 15) is 4.79 Å². The minimum atomic E-state index is -0.101. The molecule has 0 fully saturated rings. The van der Waals surface area contributed by atoms with Gasteiger partial charge >= 0.3 is 0 Å². The molecule has 0 aliphatic rings. The van der Waals surface area contributed by atoms with E-state index in [1.807, 2.05) is 25.1 Å². The molecule has 4 nitrogen and oxygen atoms in total. The summed E-state index contributed by atoms with van der Waals surface area (Å²) in [5.74, 6) is -0.101. The fourth-order valence-electron chi connectivity index (χ4n) is 1.63. The Kier molecular flexibility index (Phi) is 2.94. The Morgan fingerprint density at radius 3 is 2.94 bits per heavy atom. The van der Waals surface area contributed by atoms with E-state index in [-0.39, 0.29) is 12.3 Å².